The highest BCUT2D eigenvalue weighted by Crippen LogP contribution is 2.41. The van der Waals surface area contributed by atoms with E-state index in [2.05, 4.69) is 140 Å². The van der Waals surface area contributed by atoms with E-state index < -0.39 is 0 Å². The van der Waals surface area contributed by atoms with Gasteiger partial charge in [-0.2, -0.15) is 0 Å². The molecule has 9 rings (SSSR count). The summed E-state index contributed by atoms with van der Waals surface area (Å²) in [6, 6.07) is 40.5. The Morgan fingerprint density at radius 2 is 1.47 bits per heavy atom. The predicted octanol–water partition coefficient (Wildman–Crippen LogP) is 12.3. The summed E-state index contributed by atoms with van der Waals surface area (Å²) in [5.41, 5.74) is 14.5. The van der Waals surface area contributed by atoms with Crippen LogP contribution in [0.15, 0.2) is 133 Å². The summed E-state index contributed by atoms with van der Waals surface area (Å²) >= 11 is 1.96. The van der Waals surface area contributed by atoms with Crippen LogP contribution in [-0.2, 0) is 19.3 Å². The number of fused-ring (bicyclic) bond motifs is 4. The molecule has 3 aromatic heterocycles. The van der Waals surface area contributed by atoms with Crippen LogP contribution in [0.2, 0.25) is 0 Å². The molecule has 0 amide bonds. The summed E-state index contributed by atoms with van der Waals surface area (Å²) in [5, 5.41) is 1.29. The Balaban J connectivity index is 1.13. The first-order valence-corrected chi connectivity index (χ1v) is 18.9. The molecule has 7 aromatic rings. The number of rotatable bonds is 7. The Morgan fingerprint density at radius 3 is 2.27 bits per heavy atom. The molecular formula is C47H39N3S. The summed E-state index contributed by atoms with van der Waals surface area (Å²) in [7, 11) is 0. The number of para-hydroxylation sites is 1. The number of thiophene rings is 1. The number of aromatic nitrogens is 3. The fraction of sp³-hybridized carbons (Fsp3) is 0.149. The molecule has 0 spiro atoms. The van der Waals surface area contributed by atoms with Gasteiger partial charge in [0.05, 0.1) is 16.9 Å². The Bertz CT molecular complexity index is 2440. The Hall–Kier alpha value is -5.58. The van der Waals surface area contributed by atoms with Crippen LogP contribution < -0.4 is 0 Å². The first kappa shape index (κ1) is 31.4. The average molecular weight is 678 g/mol. The quantitative estimate of drug-likeness (QED) is 0.168. The second-order valence-corrected chi connectivity index (χ2v) is 14.7. The fourth-order valence-electron chi connectivity index (χ4n) is 7.86. The summed E-state index contributed by atoms with van der Waals surface area (Å²) in [6.07, 6.45) is 16.3. The Morgan fingerprint density at radius 1 is 0.765 bits per heavy atom. The minimum absolute atomic E-state index is 0.396. The predicted molar refractivity (Wildman–Crippen MR) is 216 cm³/mol. The molecule has 1 unspecified atom stereocenters. The maximum absolute atomic E-state index is 5.14. The van der Waals surface area contributed by atoms with Crippen molar-refractivity contribution in [1.82, 2.24) is 14.5 Å². The lowest BCUT2D eigenvalue weighted by molar-refractivity contribution is 0.744. The minimum atomic E-state index is 0.396. The summed E-state index contributed by atoms with van der Waals surface area (Å²) in [6.45, 7) is 4.61. The van der Waals surface area contributed by atoms with Gasteiger partial charge in [-0.15, -0.1) is 11.3 Å². The molecule has 0 saturated carbocycles. The topological polar surface area (TPSA) is 30.7 Å². The maximum atomic E-state index is 5.14. The molecule has 0 radical (unpaired) electrons. The van der Waals surface area contributed by atoms with Crippen LogP contribution in [0.3, 0.4) is 0 Å². The smallest absolute Gasteiger partial charge is 0.160 e. The van der Waals surface area contributed by atoms with Crippen molar-refractivity contribution in [3.8, 4) is 39.6 Å². The third kappa shape index (κ3) is 5.80. The largest absolute Gasteiger partial charge is 0.313 e. The van der Waals surface area contributed by atoms with Crippen LogP contribution in [0, 0.1) is 5.92 Å². The third-order valence-corrected chi connectivity index (χ3v) is 11.7. The van der Waals surface area contributed by atoms with E-state index in [-0.39, 0.29) is 0 Å². The lowest BCUT2D eigenvalue weighted by Gasteiger charge is -2.20. The molecule has 4 aromatic carbocycles. The highest BCUT2D eigenvalue weighted by atomic mass is 32.1. The van der Waals surface area contributed by atoms with Crippen molar-refractivity contribution in [2.24, 2.45) is 5.92 Å². The fourth-order valence-corrected chi connectivity index (χ4v) is 9.08. The molecule has 3 heterocycles. The van der Waals surface area contributed by atoms with Crippen molar-refractivity contribution in [2.75, 3.05) is 0 Å². The van der Waals surface area contributed by atoms with Crippen LogP contribution in [0.25, 0.3) is 68.7 Å². The molecule has 2 aliphatic rings. The molecule has 248 valence electrons. The Kier molecular flexibility index (Phi) is 8.18. The van der Waals surface area contributed by atoms with Crippen LogP contribution in [0.4, 0.5) is 0 Å². The van der Waals surface area contributed by atoms with Gasteiger partial charge in [0, 0.05) is 54.7 Å². The number of hydrogen-bond donors (Lipinski definition) is 0. The standard InChI is InChI=1S/C47H39N3S/c1-3-43-39(27-31(2)34-25-26-46-40(29-34)38-22-11-13-24-45(38)51-46)37-21-10-12-23-44(37)50(43)36-20-14-19-35(28-36)42-30-41(32-15-6-4-7-16-32)48-47(49-42)33-17-8-5-9-18-33/h4-10,12-21,23-28,30,34H,3,11,22,29H2,1-2H3/b31-27+. The van der Waals surface area contributed by atoms with E-state index in [0.29, 0.717) is 5.92 Å². The van der Waals surface area contributed by atoms with Crippen LogP contribution >= 0.6 is 11.3 Å². The molecule has 4 heteroatoms. The molecule has 0 N–H and O–H groups in total. The van der Waals surface area contributed by atoms with Gasteiger partial charge in [-0.1, -0.05) is 122 Å². The van der Waals surface area contributed by atoms with Gasteiger partial charge < -0.3 is 4.57 Å². The maximum Gasteiger partial charge on any atom is 0.160 e. The van der Waals surface area contributed by atoms with Gasteiger partial charge in [-0.3, -0.25) is 0 Å². The number of allylic oxidation sites excluding steroid dienone is 3. The zero-order chi connectivity index (χ0) is 34.3. The normalized spacial score (nSPS) is 15.3. The Labute approximate surface area is 304 Å². The molecule has 0 saturated heterocycles. The lowest BCUT2D eigenvalue weighted by Crippen LogP contribution is -2.09. The number of hydrogen-bond acceptors (Lipinski definition) is 3. The first-order chi connectivity index (χ1) is 25.1. The molecule has 1 atom stereocenters. The molecule has 3 nitrogen and oxygen atoms in total. The van der Waals surface area contributed by atoms with Gasteiger partial charge in [0.1, 0.15) is 0 Å². The zero-order valence-corrected chi connectivity index (χ0v) is 29.8. The first-order valence-electron chi connectivity index (χ1n) is 18.0. The van der Waals surface area contributed by atoms with Gasteiger partial charge in [-0.05, 0) is 80.2 Å². The van der Waals surface area contributed by atoms with Gasteiger partial charge in [0.15, 0.2) is 5.82 Å². The second kappa shape index (κ2) is 13.3. The van der Waals surface area contributed by atoms with Crippen LogP contribution in [-0.4, -0.2) is 14.5 Å². The van der Waals surface area contributed by atoms with E-state index in [1.54, 1.807) is 11.1 Å². The average Bonchev–Trinajstić information content (AvgIpc) is 3.73. The van der Waals surface area contributed by atoms with Crippen molar-refractivity contribution >= 4 is 40.5 Å². The van der Waals surface area contributed by atoms with Crippen molar-refractivity contribution < 1.29 is 0 Å². The van der Waals surface area contributed by atoms with Crippen molar-refractivity contribution in [2.45, 2.75) is 39.5 Å². The van der Waals surface area contributed by atoms with E-state index in [1.807, 2.05) is 35.6 Å². The van der Waals surface area contributed by atoms with E-state index >= 15 is 0 Å². The molecule has 0 fully saturated rings. The number of nitrogens with zero attached hydrogens (tertiary/aromatic N) is 3. The molecule has 51 heavy (non-hydrogen) atoms. The van der Waals surface area contributed by atoms with E-state index in [0.717, 1.165) is 58.9 Å². The van der Waals surface area contributed by atoms with E-state index in [4.69, 9.17) is 9.97 Å². The highest BCUT2D eigenvalue weighted by molar-refractivity contribution is 7.14. The highest BCUT2D eigenvalue weighted by Gasteiger charge is 2.24. The van der Waals surface area contributed by atoms with Crippen molar-refractivity contribution in [3.63, 3.8) is 0 Å². The second-order valence-electron chi connectivity index (χ2n) is 13.6. The van der Waals surface area contributed by atoms with Gasteiger partial charge >= 0.3 is 0 Å². The SMILES string of the molecule is CCc1c(/C=C(\C)C2C=Cc3sc4c(c3C2)CCC=C4)c2ccccc2n1-c1cccc(-c2cc(-c3ccccc3)nc(-c3ccccc3)n2)c1. The lowest BCUT2D eigenvalue weighted by atomic mass is 9.84. The van der Waals surface area contributed by atoms with Gasteiger partial charge in [0.2, 0.25) is 0 Å². The van der Waals surface area contributed by atoms with Crippen molar-refractivity contribution in [3.05, 3.63) is 165 Å². The summed E-state index contributed by atoms with van der Waals surface area (Å²) in [4.78, 5) is 13.1. The van der Waals surface area contributed by atoms with Gasteiger partial charge in [-0.25, -0.2) is 9.97 Å². The van der Waals surface area contributed by atoms with Crippen LogP contribution in [0.5, 0.6) is 0 Å². The monoisotopic (exact) mass is 677 g/mol. The van der Waals surface area contributed by atoms with Crippen LogP contribution in [0.1, 0.15) is 52.4 Å². The summed E-state index contributed by atoms with van der Waals surface area (Å²) < 4.78 is 2.46. The molecule has 2 aliphatic carbocycles. The minimum Gasteiger partial charge on any atom is -0.313 e. The van der Waals surface area contributed by atoms with E-state index in [1.165, 1.54) is 43.9 Å². The number of benzene rings is 4. The third-order valence-electron chi connectivity index (χ3n) is 10.4. The zero-order valence-electron chi connectivity index (χ0n) is 29.0. The molecule has 0 aliphatic heterocycles. The molecule has 0 bridgehead atoms. The van der Waals surface area contributed by atoms with Gasteiger partial charge in [0.25, 0.3) is 0 Å². The summed E-state index contributed by atoms with van der Waals surface area (Å²) in [5.74, 6) is 1.12. The van der Waals surface area contributed by atoms with Crippen molar-refractivity contribution in [1.29, 1.82) is 0 Å². The van der Waals surface area contributed by atoms with E-state index in [9.17, 15) is 0 Å². The molecular weight excluding hydrogens is 639 g/mol.